The lowest BCUT2D eigenvalue weighted by atomic mass is 9.71. The number of phenolic OH excluding ortho intramolecular Hbond substituents is 1. The number of nitriles is 1. The van der Waals surface area contributed by atoms with Crippen LogP contribution < -0.4 is 24.3 Å². The average molecular weight is 591 g/mol. The van der Waals surface area contributed by atoms with Gasteiger partial charge >= 0.3 is 5.97 Å². The number of carbonyl (C=O) groups is 2. The minimum atomic E-state index is -0.540. The van der Waals surface area contributed by atoms with Gasteiger partial charge in [-0.2, -0.15) is 5.26 Å². The summed E-state index contributed by atoms with van der Waals surface area (Å²) < 4.78 is 23.4. The first-order valence-electron chi connectivity index (χ1n) is 14.8. The van der Waals surface area contributed by atoms with Crippen molar-refractivity contribution >= 4 is 11.9 Å². The number of fused-ring (bicyclic) bond motifs is 9. The minimum absolute atomic E-state index is 0.0144. The fourth-order valence-corrected chi connectivity index (χ4v) is 7.84. The van der Waals surface area contributed by atoms with Crippen molar-refractivity contribution in [3.05, 3.63) is 39.4 Å². The molecule has 0 aliphatic carbocycles. The number of carbonyl (C=O) groups excluding carboxylic acids is 2. The van der Waals surface area contributed by atoms with Gasteiger partial charge in [0, 0.05) is 54.2 Å². The Hall–Kier alpha value is -4.01. The lowest BCUT2D eigenvalue weighted by molar-refractivity contribution is -0.132. The number of esters is 1. The molecule has 4 aliphatic heterocycles. The van der Waals surface area contributed by atoms with Crippen LogP contribution in [0.2, 0.25) is 0 Å². The first-order valence-corrected chi connectivity index (χ1v) is 14.8. The van der Waals surface area contributed by atoms with Gasteiger partial charge < -0.3 is 29.4 Å². The van der Waals surface area contributed by atoms with Crippen LogP contribution in [0.25, 0.3) is 0 Å². The molecule has 2 aromatic rings. The first kappa shape index (κ1) is 29.1. The topological polar surface area (TPSA) is 134 Å². The van der Waals surface area contributed by atoms with Crippen molar-refractivity contribution in [1.82, 2.24) is 15.1 Å². The van der Waals surface area contributed by atoms with E-state index < -0.39 is 18.1 Å². The van der Waals surface area contributed by atoms with Gasteiger partial charge in [0.1, 0.15) is 11.8 Å². The summed E-state index contributed by atoms with van der Waals surface area (Å²) in [5, 5.41) is 25.4. The van der Waals surface area contributed by atoms with Crippen LogP contribution in [0.5, 0.6) is 28.7 Å². The highest BCUT2D eigenvalue weighted by Crippen LogP contribution is 2.58. The van der Waals surface area contributed by atoms with Crippen LogP contribution in [-0.4, -0.2) is 72.4 Å². The Balaban J connectivity index is 1.60. The summed E-state index contributed by atoms with van der Waals surface area (Å²) >= 11 is 0. The summed E-state index contributed by atoms with van der Waals surface area (Å²) in [4.78, 5) is 29.5. The molecule has 4 heterocycles. The second-order valence-corrected chi connectivity index (χ2v) is 11.9. The highest BCUT2D eigenvalue weighted by Gasteiger charge is 2.56. The average Bonchev–Trinajstić information content (AvgIpc) is 3.45. The molecular formula is C32H38N4O7. The number of benzene rings is 2. The van der Waals surface area contributed by atoms with Crippen LogP contribution in [-0.2, 0) is 22.4 Å². The van der Waals surface area contributed by atoms with Gasteiger partial charge in [0.25, 0.3) is 0 Å². The lowest BCUT2D eigenvalue weighted by Gasteiger charge is -2.60. The van der Waals surface area contributed by atoms with Crippen LogP contribution in [0, 0.1) is 25.2 Å². The smallest absolute Gasteiger partial charge is 0.308 e. The number of nitrogens with zero attached hydrogens (tertiary/aromatic N) is 3. The van der Waals surface area contributed by atoms with E-state index in [1.807, 2.05) is 27.8 Å². The normalized spacial score (nSPS) is 25.2. The number of nitrogens with one attached hydrogen (secondary N) is 1. The van der Waals surface area contributed by atoms with E-state index in [9.17, 15) is 20.0 Å². The number of amides is 1. The molecule has 0 radical (unpaired) electrons. The number of methoxy groups -OCH3 is 1. The van der Waals surface area contributed by atoms with Crippen LogP contribution in [0.3, 0.4) is 0 Å². The van der Waals surface area contributed by atoms with Gasteiger partial charge in [-0.3, -0.25) is 19.4 Å². The Bertz CT molecular complexity index is 1550. The van der Waals surface area contributed by atoms with E-state index in [0.717, 1.165) is 27.8 Å². The predicted molar refractivity (Wildman–Crippen MR) is 155 cm³/mol. The SMILES string of the molecule is CCCC(=O)NC[C@H]1c2c(c(OC(C)=O)c(C)c3c2OCO3)CC2C3c4c(cc(C)c(OC)c4O)CC([C@H](C#N)N21)N3C. The zero-order valence-corrected chi connectivity index (χ0v) is 25.4. The molecule has 6 rings (SSSR count). The molecule has 11 heteroatoms. The van der Waals surface area contributed by atoms with E-state index in [4.69, 9.17) is 18.9 Å². The van der Waals surface area contributed by atoms with Crippen molar-refractivity contribution in [2.45, 2.75) is 83.6 Å². The number of phenols is 1. The van der Waals surface area contributed by atoms with E-state index >= 15 is 0 Å². The predicted octanol–water partition coefficient (Wildman–Crippen LogP) is 3.36. The molecule has 1 fully saturated rings. The Morgan fingerprint density at radius 2 is 1.91 bits per heavy atom. The summed E-state index contributed by atoms with van der Waals surface area (Å²) in [7, 11) is 3.54. The largest absolute Gasteiger partial charge is 0.504 e. The van der Waals surface area contributed by atoms with Gasteiger partial charge in [-0.25, -0.2) is 0 Å². The maximum atomic E-state index is 12.8. The molecular weight excluding hydrogens is 552 g/mol. The van der Waals surface area contributed by atoms with Crippen molar-refractivity contribution in [2.24, 2.45) is 0 Å². The molecule has 2 aromatic carbocycles. The highest BCUT2D eigenvalue weighted by atomic mass is 16.7. The van der Waals surface area contributed by atoms with Gasteiger partial charge in [0.05, 0.1) is 25.3 Å². The quantitative estimate of drug-likeness (QED) is 0.381. The Morgan fingerprint density at radius 3 is 2.58 bits per heavy atom. The number of piperazine rings is 1. The number of aryl methyl sites for hydroxylation is 1. The van der Waals surface area contributed by atoms with Crippen LogP contribution in [0.1, 0.15) is 72.2 Å². The molecule has 4 aliphatic rings. The van der Waals surface area contributed by atoms with Crippen LogP contribution >= 0.6 is 0 Å². The third-order valence-corrected chi connectivity index (χ3v) is 9.48. The van der Waals surface area contributed by atoms with Gasteiger partial charge in [-0.15, -0.1) is 0 Å². The molecule has 228 valence electrons. The number of aromatic hydroxyl groups is 1. The summed E-state index contributed by atoms with van der Waals surface area (Å²) in [6.07, 6.45) is 2.05. The highest BCUT2D eigenvalue weighted by molar-refractivity contribution is 5.76. The summed E-state index contributed by atoms with van der Waals surface area (Å²) in [6, 6.07) is 2.81. The molecule has 2 bridgehead atoms. The van der Waals surface area contributed by atoms with Crippen molar-refractivity contribution in [1.29, 1.82) is 5.26 Å². The number of likely N-dealkylation sites (N-methyl/N-ethyl adjacent to an activating group) is 1. The summed E-state index contributed by atoms with van der Waals surface area (Å²) in [5.74, 6) is 1.45. The van der Waals surface area contributed by atoms with Crippen LogP contribution in [0.15, 0.2) is 6.07 Å². The molecule has 43 heavy (non-hydrogen) atoms. The molecule has 5 atom stereocenters. The fourth-order valence-electron chi connectivity index (χ4n) is 7.84. The monoisotopic (exact) mass is 590 g/mol. The van der Waals surface area contributed by atoms with Crippen LogP contribution in [0.4, 0.5) is 0 Å². The number of hydrogen-bond donors (Lipinski definition) is 2. The Labute approximate surface area is 251 Å². The van der Waals surface area contributed by atoms with Crippen molar-refractivity contribution in [3.63, 3.8) is 0 Å². The molecule has 0 saturated carbocycles. The molecule has 0 aromatic heterocycles. The second-order valence-electron chi connectivity index (χ2n) is 11.9. The Morgan fingerprint density at radius 1 is 1.16 bits per heavy atom. The van der Waals surface area contributed by atoms with Gasteiger partial charge in [-0.1, -0.05) is 13.0 Å². The fraction of sp³-hybridized carbons (Fsp3) is 0.531. The number of ether oxygens (including phenoxy) is 4. The number of hydrogen-bond acceptors (Lipinski definition) is 10. The molecule has 3 unspecified atom stereocenters. The molecule has 1 saturated heterocycles. The Kier molecular flexibility index (Phi) is 7.39. The van der Waals surface area contributed by atoms with E-state index in [1.54, 1.807) is 7.11 Å². The van der Waals surface area contributed by atoms with Gasteiger partial charge in [0.2, 0.25) is 12.7 Å². The standard InChI is InChI=1S/C32H38N4O7/c1-7-8-24(38)34-13-23-26-19(30(43-17(4)37)16(3)31-32(26)42-14-41-31)11-21-27-25-18(9-15(2)29(40-6)28(25)39)10-20(35(27)5)22(12-33)36(21)23/h9,20-23,27,39H,7-8,10-11,13-14H2,1-6H3,(H,34,38)/t20?,21?,22-,23-,27?/m0/s1. The summed E-state index contributed by atoms with van der Waals surface area (Å²) in [6.45, 7) is 7.29. The maximum Gasteiger partial charge on any atom is 0.308 e. The van der Waals surface area contributed by atoms with Crippen molar-refractivity contribution < 1.29 is 33.6 Å². The third kappa shape index (κ3) is 4.38. The van der Waals surface area contributed by atoms with Crippen molar-refractivity contribution in [3.8, 4) is 34.8 Å². The molecule has 11 nitrogen and oxygen atoms in total. The van der Waals surface area contributed by atoms with E-state index in [0.29, 0.717) is 54.2 Å². The first-order chi connectivity index (χ1) is 20.6. The molecule has 1 amide bonds. The third-order valence-electron chi connectivity index (χ3n) is 9.48. The van der Waals surface area contributed by atoms with Crippen molar-refractivity contribution in [2.75, 3.05) is 27.5 Å². The molecule has 2 N–H and O–H groups in total. The zero-order chi connectivity index (χ0) is 30.7. The maximum absolute atomic E-state index is 12.8. The zero-order valence-electron chi connectivity index (χ0n) is 25.4. The van der Waals surface area contributed by atoms with E-state index in [1.165, 1.54) is 6.92 Å². The van der Waals surface area contributed by atoms with Gasteiger partial charge in [-0.05, 0) is 51.3 Å². The van der Waals surface area contributed by atoms with Gasteiger partial charge in [0.15, 0.2) is 23.0 Å². The van der Waals surface area contributed by atoms with E-state index in [2.05, 4.69) is 27.3 Å². The lowest BCUT2D eigenvalue weighted by Crippen LogP contribution is -2.68. The molecule has 0 spiro atoms. The van der Waals surface area contributed by atoms with E-state index in [-0.39, 0.29) is 43.1 Å². The second kappa shape index (κ2) is 10.9. The number of rotatable bonds is 6. The minimum Gasteiger partial charge on any atom is -0.504 e. The summed E-state index contributed by atoms with van der Waals surface area (Å²) in [5.41, 5.74) is 4.80.